The number of amides is 1. The van der Waals surface area contributed by atoms with E-state index in [9.17, 15) is 4.79 Å². The zero-order chi connectivity index (χ0) is 18.5. The highest BCUT2D eigenvalue weighted by atomic mass is 16.5. The van der Waals surface area contributed by atoms with E-state index in [0.717, 1.165) is 51.3 Å². The summed E-state index contributed by atoms with van der Waals surface area (Å²) < 4.78 is 5.51. The summed E-state index contributed by atoms with van der Waals surface area (Å²) in [7, 11) is 0. The fourth-order valence-electron chi connectivity index (χ4n) is 5.20. The molecule has 2 heterocycles. The first kappa shape index (κ1) is 18.9. The molecular formula is C23H34N2O2. The third-order valence-corrected chi connectivity index (χ3v) is 6.81. The molecule has 2 saturated heterocycles. The molecule has 3 aliphatic rings. The first-order chi connectivity index (χ1) is 13.3. The SMILES string of the molecule is O=C(NC1CCN(C[C@H](c2ccccc2)C2CCCC2)CC1)[C@@H]1CCCO1. The van der Waals surface area contributed by atoms with Gasteiger partial charge in [0.15, 0.2) is 0 Å². The quantitative estimate of drug-likeness (QED) is 0.830. The Morgan fingerprint density at radius 2 is 1.78 bits per heavy atom. The van der Waals surface area contributed by atoms with Gasteiger partial charge in [-0.2, -0.15) is 0 Å². The maximum atomic E-state index is 12.3. The lowest BCUT2D eigenvalue weighted by atomic mass is 9.84. The molecule has 2 atom stereocenters. The number of ether oxygens (including phenoxy) is 1. The van der Waals surface area contributed by atoms with E-state index in [1.54, 1.807) is 0 Å². The van der Waals surface area contributed by atoms with Crippen LogP contribution < -0.4 is 5.32 Å². The Kier molecular flexibility index (Phi) is 6.46. The van der Waals surface area contributed by atoms with E-state index in [2.05, 4.69) is 40.5 Å². The molecular weight excluding hydrogens is 336 g/mol. The summed E-state index contributed by atoms with van der Waals surface area (Å²) in [6.07, 6.45) is 9.36. The van der Waals surface area contributed by atoms with E-state index in [-0.39, 0.29) is 12.0 Å². The molecule has 4 heteroatoms. The highest BCUT2D eigenvalue weighted by molar-refractivity contribution is 5.81. The summed E-state index contributed by atoms with van der Waals surface area (Å²) in [6, 6.07) is 11.4. The van der Waals surface area contributed by atoms with Gasteiger partial charge in [-0.25, -0.2) is 0 Å². The minimum Gasteiger partial charge on any atom is -0.368 e. The molecule has 1 aromatic rings. The van der Waals surface area contributed by atoms with Crippen molar-refractivity contribution in [1.82, 2.24) is 10.2 Å². The lowest BCUT2D eigenvalue weighted by Gasteiger charge is -2.36. The molecule has 1 aliphatic carbocycles. The van der Waals surface area contributed by atoms with Crippen LogP contribution in [0.1, 0.15) is 62.8 Å². The van der Waals surface area contributed by atoms with Crippen molar-refractivity contribution >= 4 is 5.91 Å². The number of hydrogen-bond donors (Lipinski definition) is 1. The Morgan fingerprint density at radius 3 is 2.44 bits per heavy atom. The summed E-state index contributed by atoms with van der Waals surface area (Å²) in [5.41, 5.74) is 1.51. The fraction of sp³-hybridized carbons (Fsp3) is 0.696. The molecule has 4 rings (SSSR count). The maximum absolute atomic E-state index is 12.3. The van der Waals surface area contributed by atoms with Crippen molar-refractivity contribution in [3.05, 3.63) is 35.9 Å². The topological polar surface area (TPSA) is 41.6 Å². The average Bonchev–Trinajstić information content (AvgIpc) is 3.42. The highest BCUT2D eigenvalue weighted by Crippen LogP contribution is 2.38. The van der Waals surface area contributed by atoms with Crippen LogP contribution >= 0.6 is 0 Å². The van der Waals surface area contributed by atoms with Crippen molar-refractivity contribution in [2.45, 2.75) is 69.4 Å². The number of benzene rings is 1. The smallest absolute Gasteiger partial charge is 0.249 e. The second-order valence-corrected chi connectivity index (χ2v) is 8.65. The Balaban J connectivity index is 1.29. The minimum atomic E-state index is -0.201. The van der Waals surface area contributed by atoms with Crippen LogP contribution in [-0.2, 0) is 9.53 Å². The van der Waals surface area contributed by atoms with Gasteiger partial charge in [0.1, 0.15) is 6.10 Å². The van der Waals surface area contributed by atoms with Crippen LogP contribution in [0.2, 0.25) is 0 Å². The molecule has 0 radical (unpaired) electrons. The number of carbonyl (C=O) groups is 1. The fourth-order valence-corrected chi connectivity index (χ4v) is 5.20. The van der Waals surface area contributed by atoms with E-state index in [4.69, 9.17) is 4.74 Å². The van der Waals surface area contributed by atoms with Gasteiger partial charge in [-0.3, -0.25) is 4.79 Å². The Labute approximate surface area is 163 Å². The van der Waals surface area contributed by atoms with Crippen LogP contribution in [0.3, 0.4) is 0 Å². The number of nitrogens with one attached hydrogen (secondary N) is 1. The van der Waals surface area contributed by atoms with E-state index in [1.165, 1.54) is 37.8 Å². The zero-order valence-electron chi connectivity index (χ0n) is 16.4. The molecule has 4 nitrogen and oxygen atoms in total. The normalized spacial score (nSPS) is 26.3. The van der Waals surface area contributed by atoms with Crippen LogP contribution in [0.15, 0.2) is 30.3 Å². The standard InChI is InChI=1S/C23H34N2O2/c26-23(22-11-6-16-27-22)24-20-12-14-25(15-13-20)17-21(19-9-4-5-10-19)18-7-2-1-3-8-18/h1-3,7-8,19-22H,4-6,9-17H2,(H,24,26)/t21-,22+/m1/s1. The average molecular weight is 371 g/mol. The van der Waals surface area contributed by atoms with E-state index in [0.29, 0.717) is 12.0 Å². The van der Waals surface area contributed by atoms with Crippen molar-refractivity contribution in [1.29, 1.82) is 0 Å². The van der Waals surface area contributed by atoms with Crippen molar-refractivity contribution in [2.24, 2.45) is 5.92 Å². The molecule has 0 unspecified atom stereocenters. The molecule has 1 amide bonds. The highest BCUT2D eigenvalue weighted by Gasteiger charge is 2.31. The number of likely N-dealkylation sites (tertiary alicyclic amines) is 1. The second kappa shape index (κ2) is 9.20. The molecule has 27 heavy (non-hydrogen) atoms. The summed E-state index contributed by atoms with van der Waals surface area (Å²) in [5.74, 6) is 1.61. The van der Waals surface area contributed by atoms with Gasteiger partial charge in [0, 0.05) is 32.3 Å². The number of piperidine rings is 1. The van der Waals surface area contributed by atoms with Gasteiger partial charge in [-0.15, -0.1) is 0 Å². The zero-order valence-corrected chi connectivity index (χ0v) is 16.4. The van der Waals surface area contributed by atoms with Crippen molar-refractivity contribution in [3.63, 3.8) is 0 Å². The molecule has 0 spiro atoms. The van der Waals surface area contributed by atoms with E-state index in [1.807, 2.05) is 0 Å². The lowest BCUT2D eigenvalue weighted by molar-refractivity contribution is -0.131. The Hall–Kier alpha value is -1.39. The lowest BCUT2D eigenvalue weighted by Crippen LogP contribution is -2.48. The predicted molar refractivity (Wildman–Crippen MR) is 108 cm³/mol. The van der Waals surface area contributed by atoms with Crippen LogP contribution in [0.5, 0.6) is 0 Å². The van der Waals surface area contributed by atoms with Gasteiger partial charge in [-0.05, 0) is 55.9 Å². The third kappa shape index (κ3) is 4.91. The van der Waals surface area contributed by atoms with Gasteiger partial charge in [0.05, 0.1) is 0 Å². The largest absolute Gasteiger partial charge is 0.368 e. The number of carbonyl (C=O) groups excluding carboxylic acids is 1. The molecule has 148 valence electrons. The molecule has 1 N–H and O–H groups in total. The van der Waals surface area contributed by atoms with Crippen LogP contribution in [0.25, 0.3) is 0 Å². The van der Waals surface area contributed by atoms with Gasteiger partial charge in [-0.1, -0.05) is 43.2 Å². The number of nitrogens with zero attached hydrogens (tertiary/aromatic N) is 1. The molecule has 0 bridgehead atoms. The predicted octanol–water partition coefficient (Wildman–Crippen LogP) is 3.72. The molecule has 1 saturated carbocycles. The van der Waals surface area contributed by atoms with E-state index < -0.39 is 0 Å². The molecule has 1 aromatic carbocycles. The van der Waals surface area contributed by atoms with Gasteiger partial charge >= 0.3 is 0 Å². The summed E-state index contributed by atoms with van der Waals surface area (Å²) >= 11 is 0. The van der Waals surface area contributed by atoms with E-state index >= 15 is 0 Å². The maximum Gasteiger partial charge on any atom is 0.249 e. The van der Waals surface area contributed by atoms with Crippen molar-refractivity contribution in [3.8, 4) is 0 Å². The van der Waals surface area contributed by atoms with Crippen molar-refractivity contribution < 1.29 is 9.53 Å². The van der Waals surface area contributed by atoms with Crippen LogP contribution in [-0.4, -0.2) is 49.2 Å². The van der Waals surface area contributed by atoms with Crippen molar-refractivity contribution in [2.75, 3.05) is 26.2 Å². The Morgan fingerprint density at radius 1 is 1.04 bits per heavy atom. The monoisotopic (exact) mass is 370 g/mol. The minimum absolute atomic E-state index is 0.110. The number of hydrogen-bond acceptors (Lipinski definition) is 3. The van der Waals surface area contributed by atoms with Crippen LogP contribution in [0, 0.1) is 5.92 Å². The molecule has 2 aliphatic heterocycles. The summed E-state index contributed by atoms with van der Waals surface area (Å²) in [4.78, 5) is 14.9. The van der Waals surface area contributed by atoms with Gasteiger partial charge in [0.25, 0.3) is 0 Å². The van der Waals surface area contributed by atoms with Gasteiger partial charge < -0.3 is 15.0 Å². The van der Waals surface area contributed by atoms with Crippen LogP contribution in [0.4, 0.5) is 0 Å². The summed E-state index contributed by atoms with van der Waals surface area (Å²) in [5, 5.41) is 3.23. The Bertz CT molecular complexity index is 586. The summed E-state index contributed by atoms with van der Waals surface area (Å²) in [6.45, 7) is 4.08. The first-order valence-electron chi connectivity index (χ1n) is 11.0. The second-order valence-electron chi connectivity index (χ2n) is 8.65. The molecule has 3 fully saturated rings. The number of rotatable bonds is 6. The first-order valence-corrected chi connectivity index (χ1v) is 11.0. The third-order valence-electron chi connectivity index (χ3n) is 6.81. The molecule has 0 aromatic heterocycles. The van der Waals surface area contributed by atoms with Gasteiger partial charge in [0.2, 0.25) is 5.91 Å².